The standard InChI is InChI=1S/C22H21N5O3/c28-10-3-11-30-18-7-2-5-16(13-18)25-22-23-9-8-19(27-22)20-14-24-21(26-20)15-4-1-6-17(29)12-15/h1-2,4-9,12-14,28-29H,3,10-11H2,(H,24,26)(H,23,25,27). The van der Waals surface area contributed by atoms with E-state index < -0.39 is 0 Å². The molecule has 0 bridgehead atoms. The molecule has 2 aromatic carbocycles. The van der Waals surface area contributed by atoms with Crippen LogP contribution >= 0.6 is 0 Å². The summed E-state index contributed by atoms with van der Waals surface area (Å²) in [6.45, 7) is 0.548. The summed E-state index contributed by atoms with van der Waals surface area (Å²) in [6.07, 6.45) is 3.94. The van der Waals surface area contributed by atoms with E-state index in [0.717, 1.165) is 16.9 Å². The number of phenols is 1. The minimum absolute atomic E-state index is 0.0966. The Labute approximate surface area is 173 Å². The molecule has 4 N–H and O–H groups in total. The Balaban J connectivity index is 1.50. The van der Waals surface area contributed by atoms with Crippen LogP contribution in [0.3, 0.4) is 0 Å². The minimum atomic E-state index is 0.0966. The molecule has 8 heteroatoms. The highest BCUT2D eigenvalue weighted by atomic mass is 16.5. The highest BCUT2D eigenvalue weighted by Gasteiger charge is 2.09. The van der Waals surface area contributed by atoms with Gasteiger partial charge in [0.1, 0.15) is 17.3 Å². The maximum Gasteiger partial charge on any atom is 0.227 e. The smallest absolute Gasteiger partial charge is 0.227 e. The summed E-state index contributed by atoms with van der Waals surface area (Å²) in [5.74, 6) is 1.96. The van der Waals surface area contributed by atoms with Crippen LogP contribution in [0.2, 0.25) is 0 Å². The second-order valence-electron chi connectivity index (χ2n) is 6.54. The summed E-state index contributed by atoms with van der Waals surface area (Å²) in [5, 5.41) is 21.7. The second kappa shape index (κ2) is 9.06. The van der Waals surface area contributed by atoms with E-state index in [0.29, 0.717) is 36.2 Å². The molecular formula is C22H21N5O3. The summed E-state index contributed by atoms with van der Waals surface area (Å²) in [4.78, 5) is 16.4. The fraction of sp³-hybridized carbons (Fsp3) is 0.136. The van der Waals surface area contributed by atoms with Gasteiger partial charge in [-0.05, 0) is 30.3 Å². The maximum absolute atomic E-state index is 9.66. The molecule has 0 amide bonds. The van der Waals surface area contributed by atoms with Crippen LogP contribution in [0, 0.1) is 0 Å². The minimum Gasteiger partial charge on any atom is -0.508 e. The van der Waals surface area contributed by atoms with Crippen LogP contribution in [-0.2, 0) is 0 Å². The number of imidazole rings is 1. The van der Waals surface area contributed by atoms with Gasteiger partial charge in [-0.15, -0.1) is 0 Å². The third-order valence-electron chi connectivity index (χ3n) is 4.29. The van der Waals surface area contributed by atoms with Gasteiger partial charge in [0.05, 0.1) is 24.2 Å². The van der Waals surface area contributed by atoms with Crippen molar-refractivity contribution in [2.45, 2.75) is 6.42 Å². The number of aromatic amines is 1. The first-order valence-corrected chi connectivity index (χ1v) is 9.50. The van der Waals surface area contributed by atoms with Crippen LogP contribution in [0.5, 0.6) is 11.5 Å². The van der Waals surface area contributed by atoms with Crippen molar-refractivity contribution >= 4 is 11.6 Å². The molecule has 0 aliphatic rings. The maximum atomic E-state index is 9.66. The van der Waals surface area contributed by atoms with E-state index >= 15 is 0 Å². The van der Waals surface area contributed by atoms with E-state index in [1.807, 2.05) is 30.3 Å². The Morgan fingerprint density at radius 1 is 1.03 bits per heavy atom. The Morgan fingerprint density at radius 3 is 2.80 bits per heavy atom. The SMILES string of the molecule is OCCCOc1cccc(Nc2nccc(-c3cnc(-c4cccc(O)c4)[nH]3)n2)c1. The number of anilines is 2. The first-order chi connectivity index (χ1) is 14.7. The van der Waals surface area contributed by atoms with Crippen molar-refractivity contribution in [1.82, 2.24) is 19.9 Å². The van der Waals surface area contributed by atoms with Gasteiger partial charge in [-0.25, -0.2) is 15.0 Å². The van der Waals surface area contributed by atoms with Crippen LogP contribution in [-0.4, -0.2) is 43.4 Å². The molecule has 0 aliphatic carbocycles. The van der Waals surface area contributed by atoms with E-state index in [1.54, 1.807) is 36.7 Å². The van der Waals surface area contributed by atoms with Gasteiger partial charge >= 0.3 is 0 Å². The average Bonchev–Trinajstić information content (AvgIpc) is 3.25. The lowest BCUT2D eigenvalue weighted by molar-refractivity contribution is 0.233. The summed E-state index contributed by atoms with van der Waals surface area (Å²) in [6, 6.07) is 16.2. The van der Waals surface area contributed by atoms with Crippen molar-refractivity contribution in [3.63, 3.8) is 0 Å². The monoisotopic (exact) mass is 403 g/mol. The predicted octanol–water partition coefficient (Wildman–Crippen LogP) is 3.74. The Bertz CT molecular complexity index is 1130. The average molecular weight is 403 g/mol. The van der Waals surface area contributed by atoms with Crippen molar-refractivity contribution in [1.29, 1.82) is 0 Å². The summed E-state index contributed by atoms with van der Waals surface area (Å²) in [5.41, 5.74) is 2.99. The number of hydrogen-bond acceptors (Lipinski definition) is 7. The Hall–Kier alpha value is -3.91. The number of H-pyrrole nitrogens is 1. The molecule has 0 aliphatic heterocycles. The first-order valence-electron chi connectivity index (χ1n) is 9.50. The number of hydrogen-bond donors (Lipinski definition) is 4. The first kappa shape index (κ1) is 19.4. The van der Waals surface area contributed by atoms with Crippen LogP contribution < -0.4 is 10.1 Å². The lowest BCUT2D eigenvalue weighted by Crippen LogP contribution is -2.01. The molecule has 0 radical (unpaired) electrons. The number of nitrogens with zero attached hydrogens (tertiary/aromatic N) is 3. The number of aromatic hydroxyl groups is 1. The predicted molar refractivity (Wildman–Crippen MR) is 114 cm³/mol. The number of benzene rings is 2. The van der Waals surface area contributed by atoms with Crippen molar-refractivity contribution in [3.8, 4) is 34.3 Å². The van der Waals surface area contributed by atoms with E-state index in [-0.39, 0.29) is 12.4 Å². The summed E-state index contributed by atoms with van der Waals surface area (Å²) in [7, 11) is 0. The van der Waals surface area contributed by atoms with E-state index in [2.05, 4.69) is 25.3 Å². The molecule has 0 atom stereocenters. The molecule has 4 aromatic rings. The van der Waals surface area contributed by atoms with Crippen LogP contribution in [0.4, 0.5) is 11.6 Å². The second-order valence-corrected chi connectivity index (χ2v) is 6.54. The van der Waals surface area contributed by atoms with Crippen LogP contribution in [0.25, 0.3) is 22.8 Å². The number of nitrogens with one attached hydrogen (secondary N) is 2. The highest BCUT2D eigenvalue weighted by molar-refractivity contribution is 5.64. The summed E-state index contributed by atoms with van der Waals surface area (Å²) < 4.78 is 5.60. The fourth-order valence-electron chi connectivity index (χ4n) is 2.87. The zero-order valence-electron chi connectivity index (χ0n) is 16.1. The number of aliphatic hydroxyl groups is 1. The normalized spacial score (nSPS) is 10.7. The third-order valence-corrected chi connectivity index (χ3v) is 4.29. The molecule has 0 unspecified atom stereocenters. The Kier molecular flexibility index (Phi) is 5.86. The molecule has 4 rings (SSSR count). The quantitative estimate of drug-likeness (QED) is 0.331. The largest absolute Gasteiger partial charge is 0.508 e. The lowest BCUT2D eigenvalue weighted by Gasteiger charge is -2.09. The number of ether oxygens (including phenoxy) is 1. The van der Waals surface area contributed by atoms with E-state index in [9.17, 15) is 5.11 Å². The molecule has 2 aromatic heterocycles. The van der Waals surface area contributed by atoms with Gasteiger partial charge in [0.2, 0.25) is 5.95 Å². The fourth-order valence-corrected chi connectivity index (χ4v) is 2.87. The molecule has 152 valence electrons. The molecule has 0 spiro atoms. The molecule has 0 saturated heterocycles. The Morgan fingerprint density at radius 2 is 1.93 bits per heavy atom. The van der Waals surface area contributed by atoms with Gasteiger partial charge in [-0.2, -0.15) is 0 Å². The number of phenolic OH excluding ortho intramolecular Hbond substituents is 1. The molecular weight excluding hydrogens is 382 g/mol. The summed E-state index contributed by atoms with van der Waals surface area (Å²) >= 11 is 0. The van der Waals surface area contributed by atoms with Crippen molar-refractivity contribution in [2.24, 2.45) is 0 Å². The van der Waals surface area contributed by atoms with Gasteiger partial charge < -0.3 is 25.3 Å². The van der Waals surface area contributed by atoms with Crippen LogP contribution in [0.1, 0.15) is 6.42 Å². The van der Waals surface area contributed by atoms with Gasteiger partial charge in [-0.1, -0.05) is 18.2 Å². The molecule has 8 nitrogen and oxygen atoms in total. The van der Waals surface area contributed by atoms with E-state index in [1.165, 1.54) is 0 Å². The van der Waals surface area contributed by atoms with Crippen LogP contribution in [0.15, 0.2) is 67.0 Å². The van der Waals surface area contributed by atoms with Gasteiger partial charge in [-0.3, -0.25) is 0 Å². The van der Waals surface area contributed by atoms with Gasteiger partial charge in [0.25, 0.3) is 0 Å². The number of aliphatic hydroxyl groups excluding tert-OH is 1. The molecule has 30 heavy (non-hydrogen) atoms. The van der Waals surface area contributed by atoms with Crippen molar-refractivity contribution in [3.05, 3.63) is 67.0 Å². The zero-order valence-corrected chi connectivity index (χ0v) is 16.1. The van der Waals surface area contributed by atoms with Crippen molar-refractivity contribution in [2.75, 3.05) is 18.5 Å². The highest BCUT2D eigenvalue weighted by Crippen LogP contribution is 2.25. The molecule has 0 saturated carbocycles. The van der Waals surface area contributed by atoms with E-state index in [4.69, 9.17) is 9.84 Å². The molecule has 2 heterocycles. The van der Waals surface area contributed by atoms with Gasteiger partial charge in [0.15, 0.2) is 0 Å². The zero-order chi connectivity index (χ0) is 20.8. The number of aromatic nitrogens is 4. The number of rotatable bonds is 8. The third kappa shape index (κ3) is 4.73. The van der Waals surface area contributed by atoms with Crippen molar-refractivity contribution < 1.29 is 14.9 Å². The lowest BCUT2D eigenvalue weighted by atomic mass is 10.2. The topological polar surface area (TPSA) is 116 Å². The van der Waals surface area contributed by atoms with Gasteiger partial charge in [0, 0.05) is 36.5 Å². The molecule has 0 fully saturated rings.